The topological polar surface area (TPSA) is 109 Å². The first kappa shape index (κ1) is 12.9. The number of hydrogen-bond donors (Lipinski definition) is 3. The van der Waals surface area contributed by atoms with Gasteiger partial charge in [0.25, 0.3) is 0 Å². The number of nitrogens with zero attached hydrogens (tertiary/aromatic N) is 2. The number of phenolic OH excluding ortho intramolecular Hbond substituents is 1. The largest absolute Gasteiger partial charge is 0.508 e. The van der Waals surface area contributed by atoms with Gasteiger partial charge in [-0.3, -0.25) is 0 Å². The SMILES string of the molecule is Nc1nc(-c2ccc3cc(O)ccc3c2)ncc1C(=O)O. The standard InChI is InChI=1S/C15H11N3O3/c16-13-12(15(20)21)7-17-14(18-13)10-2-1-9-6-11(19)4-3-8(9)5-10/h1-7,19H,(H,20,21)(H2,16,17,18). The van der Waals surface area contributed by atoms with Crippen LogP contribution in [0.1, 0.15) is 10.4 Å². The maximum absolute atomic E-state index is 10.9. The molecule has 4 N–H and O–H groups in total. The van der Waals surface area contributed by atoms with E-state index in [2.05, 4.69) is 9.97 Å². The van der Waals surface area contributed by atoms with Gasteiger partial charge in [-0.15, -0.1) is 0 Å². The van der Waals surface area contributed by atoms with Crippen LogP contribution in [-0.2, 0) is 0 Å². The highest BCUT2D eigenvalue weighted by molar-refractivity contribution is 5.92. The van der Waals surface area contributed by atoms with Crippen molar-refractivity contribution < 1.29 is 15.0 Å². The molecule has 0 spiro atoms. The van der Waals surface area contributed by atoms with Gasteiger partial charge in [-0.1, -0.05) is 18.2 Å². The molecule has 104 valence electrons. The molecule has 0 aliphatic rings. The van der Waals surface area contributed by atoms with E-state index in [1.807, 2.05) is 12.1 Å². The molecule has 6 nitrogen and oxygen atoms in total. The number of benzene rings is 2. The van der Waals surface area contributed by atoms with Gasteiger partial charge in [0.15, 0.2) is 5.82 Å². The molecule has 1 heterocycles. The van der Waals surface area contributed by atoms with Crippen LogP contribution < -0.4 is 5.73 Å². The summed E-state index contributed by atoms with van der Waals surface area (Å²) in [6, 6.07) is 10.5. The Morgan fingerprint density at radius 2 is 1.81 bits per heavy atom. The van der Waals surface area contributed by atoms with Crippen LogP contribution in [0.15, 0.2) is 42.6 Å². The minimum absolute atomic E-state index is 0.0710. The van der Waals surface area contributed by atoms with E-state index >= 15 is 0 Å². The lowest BCUT2D eigenvalue weighted by Gasteiger charge is -2.05. The van der Waals surface area contributed by atoms with Gasteiger partial charge in [0, 0.05) is 11.8 Å². The van der Waals surface area contributed by atoms with Crippen molar-refractivity contribution in [3.63, 3.8) is 0 Å². The number of carboxylic acid groups (broad SMARTS) is 1. The number of hydrogen-bond acceptors (Lipinski definition) is 5. The molecule has 0 radical (unpaired) electrons. The molecular weight excluding hydrogens is 270 g/mol. The minimum atomic E-state index is -1.16. The lowest BCUT2D eigenvalue weighted by atomic mass is 10.1. The first-order chi connectivity index (χ1) is 10.0. The Hall–Kier alpha value is -3.15. The first-order valence-corrected chi connectivity index (χ1v) is 6.13. The third-order valence-corrected chi connectivity index (χ3v) is 3.13. The van der Waals surface area contributed by atoms with E-state index in [0.717, 1.165) is 16.3 Å². The first-order valence-electron chi connectivity index (χ1n) is 6.13. The summed E-state index contributed by atoms with van der Waals surface area (Å²) in [7, 11) is 0. The number of aromatic hydroxyl groups is 1. The monoisotopic (exact) mass is 281 g/mol. The molecule has 0 aliphatic carbocycles. The van der Waals surface area contributed by atoms with Crippen LogP contribution in [0.3, 0.4) is 0 Å². The average Bonchev–Trinajstić information content (AvgIpc) is 2.46. The van der Waals surface area contributed by atoms with Crippen LogP contribution in [-0.4, -0.2) is 26.2 Å². The molecule has 0 saturated carbocycles. The minimum Gasteiger partial charge on any atom is -0.508 e. The molecule has 0 unspecified atom stereocenters. The second-order valence-electron chi connectivity index (χ2n) is 4.54. The maximum Gasteiger partial charge on any atom is 0.341 e. The molecule has 1 aromatic heterocycles. The van der Waals surface area contributed by atoms with Crippen molar-refractivity contribution in [3.05, 3.63) is 48.2 Å². The predicted octanol–water partition coefficient (Wildman–Crippen LogP) is 2.28. The summed E-state index contributed by atoms with van der Waals surface area (Å²) in [6.07, 6.45) is 1.20. The molecule has 0 bridgehead atoms. The summed E-state index contributed by atoms with van der Waals surface area (Å²) in [5.41, 5.74) is 6.23. The van der Waals surface area contributed by atoms with E-state index in [1.165, 1.54) is 6.20 Å². The van der Waals surface area contributed by atoms with Gasteiger partial charge in [0.05, 0.1) is 0 Å². The highest BCUT2D eigenvalue weighted by Gasteiger charge is 2.12. The van der Waals surface area contributed by atoms with Crippen LogP contribution in [0.5, 0.6) is 5.75 Å². The fourth-order valence-electron chi connectivity index (χ4n) is 2.07. The van der Waals surface area contributed by atoms with Crippen molar-refractivity contribution in [1.82, 2.24) is 9.97 Å². The van der Waals surface area contributed by atoms with E-state index in [-0.39, 0.29) is 17.1 Å². The van der Waals surface area contributed by atoms with Crippen molar-refractivity contribution >= 4 is 22.6 Å². The summed E-state index contributed by atoms with van der Waals surface area (Å²) >= 11 is 0. The molecule has 21 heavy (non-hydrogen) atoms. The zero-order valence-electron chi connectivity index (χ0n) is 10.8. The van der Waals surface area contributed by atoms with Gasteiger partial charge in [0.1, 0.15) is 17.1 Å². The number of rotatable bonds is 2. The van der Waals surface area contributed by atoms with E-state index in [4.69, 9.17) is 10.8 Å². The Kier molecular flexibility index (Phi) is 2.91. The van der Waals surface area contributed by atoms with Gasteiger partial charge in [0.2, 0.25) is 0 Å². The molecular formula is C15H11N3O3. The number of carboxylic acids is 1. The van der Waals surface area contributed by atoms with Gasteiger partial charge in [-0.2, -0.15) is 0 Å². The number of anilines is 1. The lowest BCUT2D eigenvalue weighted by molar-refractivity contribution is 0.0697. The number of aromatic carboxylic acids is 1. The fraction of sp³-hybridized carbons (Fsp3) is 0. The summed E-state index contributed by atoms with van der Waals surface area (Å²) in [5.74, 6) is -0.680. The number of carbonyl (C=O) groups is 1. The Balaban J connectivity index is 2.10. The third-order valence-electron chi connectivity index (χ3n) is 3.13. The van der Waals surface area contributed by atoms with Gasteiger partial charge in [-0.25, -0.2) is 14.8 Å². The number of nitrogen functional groups attached to an aromatic ring is 1. The Labute approximate surface area is 119 Å². The van der Waals surface area contributed by atoms with E-state index in [0.29, 0.717) is 5.82 Å². The highest BCUT2D eigenvalue weighted by Crippen LogP contribution is 2.25. The smallest absolute Gasteiger partial charge is 0.341 e. The molecule has 3 rings (SSSR count). The summed E-state index contributed by atoms with van der Waals surface area (Å²) in [4.78, 5) is 19.0. The number of aromatic nitrogens is 2. The maximum atomic E-state index is 10.9. The van der Waals surface area contributed by atoms with E-state index < -0.39 is 5.97 Å². The fourth-order valence-corrected chi connectivity index (χ4v) is 2.07. The van der Waals surface area contributed by atoms with Crippen LogP contribution in [0, 0.1) is 0 Å². The van der Waals surface area contributed by atoms with Crippen molar-refractivity contribution in [2.24, 2.45) is 0 Å². The summed E-state index contributed by atoms with van der Waals surface area (Å²) < 4.78 is 0. The van der Waals surface area contributed by atoms with Gasteiger partial charge >= 0.3 is 5.97 Å². The van der Waals surface area contributed by atoms with Crippen molar-refractivity contribution in [1.29, 1.82) is 0 Å². The highest BCUT2D eigenvalue weighted by atomic mass is 16.4. The lowest BCUT2D eigenvalue weighted by Crippen LogP contribution is -2.06. The average molecular weight is 281 g/mol. The second kappa shape index (κ2) is 4.75. The summed E-state index contributed by atoms with van der Waals surface area (Å²) in [5, 5.41) is 20.1. The molecule has 3 aromatic rings. The van der Waals surface area contributed by atoms with E-state index in [1.54, 1.807) is 24.3 Å². The Morgan fingerprint density at radius 3 is 2.52 bits per heavy atom. The predicted molar refractivity (Wildman–Crippen MR) is 78.0 cm³/mol. The van der Waals surface area contributed by atoms with Crippen LogP contribution in [0.4, 0.5) is 5.82 Å². The molecule has 6 heteroatoms. The number of phenols is 1. The van der Waals surface area contributed by atoms with Gasteiger partial charge < -0.3 is 15.9 Å². The van der Waals surface area contributed by atoms with Crippen LogP contribution >= 0.6 is 0 Å². The quantitative estimate of drug-likeness (QED) is 0.664. The Bertz CT molecular complexity index is 862. The van der Waals surface area contributed by atoms with Crippen molar-refractivity contribution in [2.45, 2.75) is 0 Å². The second-order valence-corrected chi connectivity index (χ2v) is 4.54. The van der Waals surface area contributed by atoms with E-state index in [9.17, 15) is 9.90 Å². The zero-order valence-corrected chi connectivity index (χ0v) is 10.8. The molecule has 0 amide bonds. The van der Waals surface area contributed by atoms with Crippen molar-refractivity contribution in [3.8, 4) is 17.1 Å². The number of nitrogens with two attached hydrogens (primary N) is 1. The molecule has 0 aliphatic heterocycles. The van der Waals surface area contributed by atoms with Gasteiger partial charge in [-0.05, 0) is 29.0 Å². The zero-order chi connectivity index (χ0) is 15.0. The molecule has 0 fully saturated rings. The normalized spacial score (nSPS) is 10.7. The third kappa shape index (κ3) is 2.34. The molecule has 0 atom stereocenters. The molecule has 2 aromatic carbocycles. The molecule has 0 saturated heterocycles. The van der Waals surface area contributed by atoms with Crippen LogP contribution in [0.25, 0.3) is 22.2 Å². The Morgan fingerprint density at radius 1 is 1.10 bits per heavy atom. The van der Waals surface area contributed by atoms with Crippen LogP contribution in [0.2, 0.25) is 0 Å². The number of fused-ring (bicyclic) bond motifs is 1. The van der Waals surface area contributed by atoms with Crippen molar-refractivity contribution in [2.75, 3.05) is 5.73 Å². The summed E-state index contributed by atoms with van der Waals surface area (Å²) in [6.45, 7) is 0.